The minimum atomic E-state index is 0.0852. The summed E-state index contributed by atoms with van der Waals surface area (Å²) in [5.41, 5.74) is 1.87. The fraction of sp³-hybridized carbons (Fsp3) is 0.188. The molecule has 22 heavy (non-hydrogen) atoms. The summed E-state index contributed by atoms with van der Waals surface area (Å²) in [6, 6.07) is 11.7. The Labute approximate surface area is 137 Å². The van der Waals surface area contributed by atoms with Crippen LogP contribution in [0.2, 0.25) is 0 Å². The lowest BCUT2D eigenvalue weighted by atomic mass is 10.3. The molecular formula is C16H15N3OS2. The number of amides is 1. The lowest BCUT2D eigenvalue weighted by molar-refractivity contribution is -0.116. The van der Waals surface area contributed by atoms with Gasteiger partial charge in [0.25, 0.3) is 0 Å². The topological polar surface area (TPSA) is 46.1 Å². The molecule has 3 rings (SSSR count). The Balaban J connectivity index is 1.73. The van der Waals surface area contributed by atoms with Crippen LogP contribution >= 0.6 is 23.1 Å². The largest absolute Gasteiger partial charge is 0.312 e. The normalized spacial score (nSPS) is 10.8. The summed E-state index contributed by atoms with van der Waals surface area (Å²) >= 11 is 3.07. The second kappa shape index (κ2) is 6.89. The van der Waals surface area contributed by atoms with Gasteiger partial charge in [-0.3, -0.25) is 4.79 Å². The van der Waals surface area contributed by atoms with Crippen LogP contribution in [0.15, 0.2) is 53.1 Å². The number of rotatable bonds is 5. The van der Waals surface area contributed by atoms with Gasteiger partial charge in [0, 0.05) is 12.2 Å². The fourth-order valence-electron chi connectivity index (χ4n) is 2.19. The van der Waals surface area contributed by atoms with Crippen molar-refractivity contribution in [3.63, 3.8) is 0 Å². The summed E-state index contributed by atoms with van der Waals surface area (Å²) in [5.74, 6) is 0.453. The highest BCUT2D eigenvalue weighted by molar-refractivity contribution is 8.00. The quantitative estimate of drug-likeness (QED) is 0.527. The maximum atomic E-state index is 12.5. The number of hydrogen-bond donors (Lipinski definition) is 0. The van der Waals surface area contributed by atoms with E-state index in [1.807, 2.05) is 48.7 Å². The van der Waals surface area contributed by atoms with E-state index in [0.717, 1.165) is 20.9 Å². The number of thioether (sulfide) groups is 1. The van der Waals surface area contributed by atoms with Crippen molar-refractivity contribution in [1.29, 1.82) is 0 Å². The molecule has 1 aromatic carbocycles. The number of anilines is 1. The average molecular weight is 329 g/mol. The maximum absolute atomic E-state index is 12.5. The van der Waals surface area contributed by atoms with Gasteiger partial charge in [-0.2, -0.15) is 0 Å². The minimum absolute atomic E-state index is 0.0852. The molecule has 0 N–H and O–H groups in total. The van der Waals surface area contributed by atoms with Crippen molar-refractivity contribution in [2.24, 2.45) is 0 Å². The van der Waals surface area contributed by atoms with Crippen LogP contribution in [0.1, 0.15) is 6.92 Å². The van der Waals surface area contributed by atoms with E-state index in [2.05, 4.69) is 9.97 Å². The lowest BCUT2D eigenvalue weighted by Gasteiger charge is -2.20. The molecule has 0 radical (unpaired) electrons. The molecule has 1 amide bonds. The number of carbonyl (C=O) groups is 1. The number of benzene rings is 1. The van der Waals surface area contributed by atoms with Crippen molar-refractivity contribution >= 4 is 44.9 Å². The highest BCUT2D eigenvalue weighted by Crippen LogP contribution is 2.29. The molecule has 0 saturated heterocycles. The second-order valence-electron chi connectivity index (χ2n) is 4.58. The third-order valence-electron chi connectivity index (χ3n) is 3.23. The Morgan fingerprint density at radius 2 is 2.05 bits per heavy atom. The fourth-order valence-corrected chi connectivity index (χ4v) is 4.01. The van der Waals surface area contributed by atoms with Gasteiger partial charge in [0.2, 0.25) is 5.91 Å². The monoisotopic (exact) mass is 329 g/mol. The Hall–Kier alpha value is -1.92. The zero-order valence-electron chi connectivity index (χ0n) is 12.1. The van der Waals surface area contributed by atoms with Gasteiger partial charge in [0.05, 0.1) is 16.0 Å². The van der Waals surface area contributed by atoms with Crippen LogP contribution in [0.3, 0.4) is 0 Å². The van der Waals surface area contributed by atoms with Gasteiger partial charge in [-0.15, -0.1) is 11.3 Å². The molecule has 0 saturated carbocycles. The molecule has 0 fully saturated rings. The maximum Gasteiger partial charge on any atom is 0.237 e. The zero-order chi connectivity index (χ0) is 15.4. The van der Waals surface area contributed by atoms with Crippen molar-refractivity contribution in [2.45, 2.75) is 11.9 Å². The molecule has 0 aliphatic carbocycles. The summed E-state index contributed by atoms with van der Waals surface area (Å²) < 4.78 is 1.04. The molecule has 0 atom stereocenters. The first-order valence-electron chi connectivity index (χ1n) is 6.96. The van der Waals surface area contributed by atoms with Crippen LogP contribution in [0.5, 0.6) is 0 Å². The Morgan fingerprint density at radius 1 is 1.23 bits per heavy atom. The van der Waals surface area contributed by atoms with Crippen LogP contribution in [-0.4, -0.2) is 28.2 Å². The Morgan fingerprint density at radius 3 is 2.82 bits per heavy atom. The summed E-state index contributed by atoms with van der Waals surface area (Å²) in [6.45, 7) is 2.64. The summed E-state index contributed by atoms with van der Waals surface area (Å²) in [5, 5.41) is 2.87. The van der Waals surface area contributed by atoms with Crippen molar-refractivity contribution in [2.75, 3.05) is 17.2 Å². The minimum Gasteiger partial charge on any atom is -0.312 e. The predicted octanol–water partition coefficient (Wildman–Crippen LogP) is 3.84. The zero-order valence-corrected chi connectivity index (χ0v) is 13.7. The Kier molecular flexibility index (Phi) is 4.70. The SMILES string of the molecule is CCN(C(=O)CSc1ncnc2ccsc12)c1ccccc1. The van der Waals surface area contributed by atoms with Crippen molar-refractivity contribution in [3.05, 3.63) is 48.1 Å². The summed E-state index contributed by atoms with van der Waals surface area (Å²) in [6.07, 6.45) is 1.55. The Bertz CT molecular complexity index is 773. The van der Waals surface area contributed by atoms with E-state index in [0.29, 0.717) is 12.3 Å². The van der Waals surface area contributed by atoms with Gasteiger partial charge in [-0.25, -0.2) is 9.97 Å². The van der Waals surface area contributed by atoms with E-state index in [1.54, 1.807) is 22.6 Å². The number of carbonyl (C=O) groups excluding carboxylic acids is 1. The smallest absolute Gasteiger partial charge is 0.237 e. The van der Waals surface area contributed by atoms with E-state index in [4.69, 9.17) is 0 Å². The number of thiophene rings is 1. The van der Waals surface area contributed by atoms with Crippen LogP contribution in [0, 0.1) is 0 Å². The molecule has 0 unspecified atom stereocenters. The van der Waals surface area contributed by atoms with E-state index in [1.165, 1.54) is 11.8 Å². The second-order valence-corrected chi connectivity index (χ2v) is 6.46. The number of hydrogen-bond acceptors (Lipinski definition) is 5. The van der Waals surface area contributed by atoms with Gasteiger partial charge in [0.1, 0.15) is 11.4 Å². The molecule has 0 aliphatic heterocycles. The van der Waals surface area contributed by atoms with Crippen molar-refractivity contribution in [3.8, 4) is 0 Å². The number of para-hydroxylation sites is 1. The predicted molar refractivity (Wildman–Crippen MR) is 92.6 cm³/mol. The van der Waals surface area contributed by atoms with Crippen molar-refractivity contribution < 1.29 is 4.79 Å². The third-order valence-corrected chi connectivity index (χ3v) is 5.24. The molecule has 0 aliphatic rings. The molecule has 112 valence electrons. The van der Waals surface area contributed by atoms with Crippen molar-refractivity contribution in [1.82, 2.24) is 9.97 Å². The number of nitrogens with zero attached hydrogens (tertiary/aromatic N) is 3. The average Bonchev–Trinajstić information content (AvgIpc) is 3.04. The van der Waals surface area contributed by atoms with Crippen LogP contribution < -0.4 is 4.90 Å². The number of aromatic nitrogens is 2. The lowest BCUT2D eigenvalue weighted by Crippen LogP contribution is -2.32. The molecule has 3 aromatic rings. The summed E-state index contributed by atoms with van der Waals surface area (Å²) in [7, 11) is 0. The molecule has 4 nitrogen and oxygen atoms in total. The first-order valence-corrected chi connectivity index (χ1v) is 8.82. The van der Waals surface area contributed by atoms with Gasteiger partial charge in [-0.1, -0.05) is 30.0 Å². The number of fused-ring (bicyclic) bond motifs is 1. The molecule has 6 heteroatoms. The van der Waals surface area contributed by atoms with Crippen LogP contribution in [0.4, 0.5) is 5.69 Å². The van der Waals surface area contributed by atoms with Gasteiger partial charge in [-0.05, 0) is 30.5 Å². The van der Waals surface area contributed by atoms with Gasteiger partial charge < -0.3 is 4.90 Å². The van der Waals surface area contributed by atoms with Crippen LogP contribution in [-0.2, 0) is 4.79 Å². The molecule has 2 heterocycles. The first kappa shape index (κ1) is 15.0. The first-order chi connectivity index (χ1) is 10.8. The van der Waals surface area contributed by atoms with Gasteiger partial charge in [0.15, 0.2) is 0 Å². The van der Waals surface area contributed by atoms with E-state index < -0.39 is 0 Å². The van der Waals surface area contributed by atoms with Gasteiger partial charge >= 0.3 is 0 Å². The summed E-state index contributed by atoms with van der Waals surface area (Å²) in [4.78, 5) is 22.8. The standard InChI is InChI=1S/C16H15N3OS2/c1-2-19(12-6-4-3-5-7-12)14(20)10-22-16-15-13(8-9-21-15)17-11-18-16/h3-9,11H,2,10H2,1H3. The van der Waals surface area contributed by atoms with E-state index >= 15 is 0 Å². The molecule has 0 spiro atoms. The van der Waals surface area contributed by atoms with E-state index in [9.17, 15) is 4.79 Å². The molecular weight excluding hydrogens is 314 g/mol. The molecule has 0 bridgehead atoms. The molecule has 2 aromatic heterocycles. The highest BCUT2D eigenvalue weighted by Gasteiger charge is 2.15. The van der Waals surface area contributed by atoms with Crippen LogP contribution in [0.25, 0.3) is 10.2 Å². The highest BCUT2D eigenvalue weighted by atomic mass is 32.2. The third kappa shape index (κ3) is 3.13. The van der Waals surface area contributed by atoms with E-state index in [-0.39, 0.29) is 5.91 Å².